The molecule has 0 atom stereocenters. The highest BCUT2D eigenvalue weighted by Crippen LogP contribution is 2.11. The van der Waals surface area contributed by atoms with E-state index in [4.69, 9.17) is 4.74 Å². The number of carbonyl (C=O) groups excluding carboxylic acids is 2. The number of ketones is 1. The van der Waals surface area contributed by atoms with Crippen LogP contribution in [0.1, 0.15) is 20.7 Å². The third-order valence-corrected chi connectivity index (χ3v) is 3.29. The van der Waals surface area contributed by atoms with Crippen LogP contribution in [0.25, 0.3) is 5.69 Å². The molecular weight excluding hydrogens is 313 g/mol. The number of Topliss-reactive ketones (excluding diaryl/α,β-unsaturated/α-hetero) is 1. The van der Waals surface area contributed by atoms with Crippen molar-refractivity contribution in [2.75, 3.05) is 6.61 Å². The quantitative estimate of drug-likeness (QED) is 0.532. The van der Waals surface area contributed by atoms with Crippen LogP contribution >= 0.6 is 0 Å². The lowest BCUT2D eigenvalue weighted by molar-refractivity contribution is 0.0473. The average molecular weight is 325 g/mol. The summed E-state index contributed by atoms with van der Waals surface area (Å²) in [4.78, 5) is 27.7. The van der Waals surface area contributed by atoms with Crippen molar-refractivity contribution in [3.05, 3.63) is 78.1 Å². The van der Waals surface area contributed by atoms with Gasteiger partial charge < -0.3 is 4.74 Å². The Morgan fingerprint density at radius 3 is 2.50 bits per heavy atom. The molecule has 0 aliphatic rings. The Labute approximate surface area is 136 Å². The molecule has 0 fully saturated rings. The maximum absolute atomic E-state index is 13.5. The molecule has 1 aromatic heterocycles. The lowest BCUT2D eigenvalue weighted by Crippen LogP contribution is -2.15. The van der Waals surface area contributed by atoms with E-state index in [0.29, 0.717) is 0 Å². The fourth-order valence-corrected chi connectivity index (χ4v) is 2.07. The van der Waals surface area contributed by atoms with Gasteiger partial charge in [0.05, 0.1) is 16.8 Å². The first kappa shape index (κ1) is 15.5. The second-order valence-corrected chi connectivity index (χ2v) is 4.87. The van der Waals surface area contributed by atoms with E-state index in [2.05, 4.69) is 10.1 Å². The molecule has 1 heterocycles. The van der Waals surface area contributed by atoms with Gasteiger partial charge in [-0.1, -0.05) is 12.1 Å². The maximum atomic E-state index is 13.5. The van der Waals surface area contributed by atoms with E-state index in [0.717, 1.165) is 5.69 Å². The molecule has 3 aromatic rings. The molecule has 0 saturated heterocycles. The van der Waals surface area contributed by atoms with Gasteiger partial charge in [-0.2, -0.15) is 5.10 Å². The summed E-state index contributed by atoms with van der Waals surface area (Å²) in [6.45, 7) is -0.523. The SMILES string of the molecule is O=C(OCC(=O)c1ccccc1F)c1ccc(-n2cncn2)cc1. The van der Waals surface area contributed by atoms with E-state index in [9.17, 15) is 14.0 Å². The van der Waals surface area contributed by atoms with Crippen molar-refractivity contribution in [2.24, 2.45) is 0 Å². The van der Waals surface area contributed by atoms with Gasteiger partial charge in [-0.25, -0.2) is 18.9 Å². The minimum absolute atomic E-state index is 0.105. The van der Waals surface area contributed by atoms with Crippen LogP contribution in [0.2, 0.25) is 0 Å². The first-order chi connectivity index (χ1) is 11.6. The van der Waals surface area contributed by atoms with Crippen molar-refractivity contribution in [3.63, 3.8) is 0 Å². The monoisotopic (exact) mass is 325 g/mol. The summed E-state index contributed by atoms with van der Waals surface area (Å²) >= 11 is 0. The summed E-state index contributed by atoms with van der Waals surface area (Å²) < 4.78 is 20.0. The van der Waals surface area contributed by atoms with E-state index >= 15 is 0 Å². The fraction of sp³-hybridized carbons (Fsp3) is 0.0588. The maximum Gasteiger partial charge on any atom is 0.338 e. The van der Waals surface area contributed by atoms with Gasteiger partial charge in [0.25, 0.3) is 0 Å². The minimum atomic E-state index is -0.662. The zero-order valence-corrected chi connectivity index (χ0v) is 12.4. The Morgan fingerprint density at radius 2 is 1.83 bits per heavy atom. The minimum Gasteiger partial charge on any atom is -0.454 e. The smallest absolute Gasteiger partial charge is 0.338 e. The van der Waals surface area contributed by atoms with Gasteiger partial charge in [0.2, 0.25) is 5.78 Å². The molecule has 0 unspecified atom stereocenters. The lowest BCUT2D eigenvalue weighted by Gasteiger charge is -2.06. The molecular formula is C17H12FN3O3. The van der Waals surface area contributed by atoms with E-state index in [-0.39, 0.29) is 11.1 Å². The predicted molar refractivity (Wildman–Crippen MR) is 82.4 cm³/mol. The Bertz CT molecular complexity index is 861. The van der Waals surface area contributed by atoms with Crippen molar-refractivity contribution in [1.29, 1.82) is 0 Å². The predicted octanol–water partition coefficient (Wildman–Crippen LogP) is 2.45. The van der Waals surface area contributed by atoms with Crippen LogP contribution < -0.4 is 0 Å². The van der Waals surface area contributed by atoms with Crippen molar-refractivity contribution in [3.8, 4) is 5.69 Å². The summed E-state index contributed by atoms with van der Waals surface area (Å²) in [5.41, 5.74) is 0.901. The molecule has 0 N–H and O–H groups in total. The van der Waals surface area contributed by atoms with Crippen LogP contribution in [0.3, 0.4) is 0 Å². The molecule has 0 amide bonds. The molecule has 120 valence electrons. The molecule has 0 aliphatic carbocycles. The number of benzene rings is 2. The summed E-state index contributed by atoms with van der Waals surface area (Å²) in [6, 6.07) is 12.0. The highest BCUT2D eigenvalue weighted by Gasteiger charge is 2.14. The van der Waals surface area contributed by atoms with Crippen LogP contribution in [0.5, 0.6) is 0 Å². The van der Waals surface area contributed by atoms with Crippen molar-refractivity contribution in [2.45, 2.75) is 0 Å². The zero-order chi connectivity index (χ0) is 16.9. The zero-order valence-electron chi connectivity index (χ0n) is 12.4. The lowest BCUT2D eigenvalue weighted by atomic mass is 10.1. The Kier molecular flexibility index (Phi) is 4.42. The number of halogens is 1. The largest absolute Gasteiger partial charge is 0.454 e. The molecule has 0 bridgehead atoms. The molecule has 3 rings (SSSR count). The second kappa shape index (κ2) is 6.82. The van der Waals surface area contributed by atoms with Crippen molar-refractivity contribution in [1.82, 2.24) is 14.8 Å². The van der Waals surface area contributed by atoms with Gasteiger partial charge in [-0.3, -0.25) is 4.79 Å². The highest BCUT2D eigenvalue weighted by atomic mass is 19.1. The van der Waals surface area contributed by atoms with Crippen LogP contribution in [-0.4, -0.2) is 33.1 Å². The number of hydrogen-bond donors (Lipinski definition) is 0. The van der Waals surface area contributed by atoms with Gasteiger partial charge in [0, 0.05) is 0 Å². The van der Waals surface area contributed by atoms with Gasteiger partial charge >= 0.3 is 5.97 Å². The third-order valence-electron chi connectivity index (χ3n) is 3.29. The number of rotatable bonds is 5. The molecule has 0 spiro atoms. The van der Waals surface area contributed by atoms with Crippen molar-refractivity contribution < 1.29 is 18.7 Å². The Balaban J connectivity index is 1.63. The molecule has 0 saturated carbocycles. The van der Waals surface area contributed by atoms with E-state index in [1.165, 1.54) is 35.5 Å². The summed E-state index contributed by atoms with van der Waals surface area (Å²) in [6.07, 6.45) is 2.93. The first-order valence-corrected chi connectivity index (χ1v) is 7.05. The van der Waals surface area contributed by atoms with E-state index in [1.54, 1.807) is 30.3 Å². The number of aromatic nitrogens is 3. The molecule has 24 heavy (non-hydrogen) atoms. The number of nitrogens with zero attached hydrogens (tertiary/aromatic N) is 3. The van der Waals surface area contributed by atoms with Crippen LogP contribution in [0, 0.1) is 5.82 Å². The topological polar surface area (TPSA) is 74.1 Å². The van der Waals surface area contributed by atoms with E-state index < -0.39 is 24.2 Å². The van der Waals surface area contributed by atoms with E-state index in [1.807, 2.05) is 0 Å². The molecule has 0 aliphatic heterocycles. The number of hydrogen-bond acceptors (Lipinski definition) is 5. The summed E-state index contributed by atoms with van der Waals surface area (Å²) in [5.74, 6) is -1.90. The van der Waals surface area contributed by atoms with Crippen LogP contribution in [0.4, 0.5) is 4.39 Å². The Morgan fingerprint density at radius 1 is 1.08 bits per heavy atom. The van der Waals surface area contributed by atoms with Gasteiger partial charge in [-0.15, -0.1) is 0 Å². The number of ether oxygens (including phenoxy) is 1. The van der Waals surface area contributed by atoms with Gasteiger partial charge in [0.1, 0.15) is 18.5 Å². The summed E-state index contributed by atoms with van der Waals surface area (Å²) in [7, 11) is 0. The number of esters is 1. The van der Waals surface area contributed by atoms with Crippen molar-refractivity contribution >= 4 is 11.8 Å². The van der Waals surface area contributed by atoms with Gasteiger partial charge in [-0.05, 0) is 36.4 Å². The standard InChI is InChI=1S/C17H12FN3O3/c18-15-4-2-1-3-14(15)16(22)9-24-17(23)12-5-7-13(8-6-12)21-11-19-10-20-21/h1-8,10-11H,9H2. The summed E-state index contributed by atoms with van der Waals surface area (Å²) in [5, 5.41) is 3.97. The molecule has 7 heteroatoms. The molecule has 2 aromatic carbocycles. The normalized spacial score (nSPS) is 10.4. The third kappa shape index (κ3) is 3.35. The second-order valence-electron chi connectivity index (χ2n) is 4.87. The highest BCUT2D eigenvalue weighted by molar-refractivity contribution is 5.99. The first-order valence-electron chi connectivity index (χ1n) is 7.05. The average Bonchev–Trinajstić information content (AvgIpc) is 3.14. The van der Waals surface area contributed by atoms with Crippen LogP contribution in [0.15, 0.2) is 61.2 Å². The Hall–Kier alpha value is -3.35. The fourth-order valence-electron chi connectivity index (χ4n) is 2.07. The molecule has 6 nitrogen and oxygen atoms in total. The number of carbonyl (C=O) groups is 2. The molecule has 0 radical (unpaired) electrons. The van der Waals surface area contributed by atoms with Crippen LogP contribution in [-0.2, 0) is 4.74 Å². The van der Waals surface area contributed by atoms with Gasteiger partial charge in [0.15, 0.2) is 6.61 Å².